The van der Waals surface area contributed by atoms with E-state index in [9.17, 15) is 14.7 Å². The number of halogens is 1. The lowest BCUT2D eigenvalue weighted by atomic mass is 10.1. The number of benzene rings is 2. The number of carbonyl (C=O) groups excluding carboxylic acids is 2. The number of nitrogens with one attached hydrogen (secondary N) is 2. The Morgan fingerprint density at radius 3 is 2.58 bits per heavy atom. The highest BCUT2D eigenvalue weighted by molar-refractivity contribution is 6.34. The molecule has 0 saturated heterocycles. The van der Waals surface area contributed by atoms with Crippen molar-refractivity contribution in [3.05, 3.63) is 64.8 Å². The normalized spacial score (nSPS) is 13.3. The van der Waals surface area contributed by atoms with Crippen LogP contribution in [0.2, 0.25) is 5.02 Å². The molecular formula is C23H23ClN4O3. The van der Waals surface area contributed by atoms with Crippen molar-refractivity contribution in [2.75, 3.05) is 5.32 Å². The second-order valence-corrected chi connectivity index (χ2v) is 8.32. The standard InChI is InChI=1S/C23H23ClN4O3/c1-13(2)25-23(31)28-20(14-7-8-14)12-19(27-28)17-11-15(9-10-21(17)29)26-22(30)16-5-3-4-6-18(16)24/h3-6,9-14,29H,7-8H2,1-2H3,(H,25,31)(H,26,30). The van der Waals surface area contributed by atoms with E-state index < -0.39 is 0 Å². The molecule has 0 radical (unpaired) electrons. The summed E-state index contributed by atoms with van der Waals surface area (Å²) >= 11 is 6.11. The van der Waals surface area contributed by atoms with E-state index >= 15 is 0 Å². The molecule has 31 heavy (non-hydrogen) atoms. The molecule has 8 heteroatoms. The third-order valence-electron chi connectivity index (χ3n) is 4.99. The molecule has 0 atom stereocenters. The van der Waals surface area contributed by atoms with Gasteiger partial charge in [0, 0.05) is 23.2 Å². The van der Waals surface area contributed by atoms with Crippen LogP contribution in [0, 0.1) is 0 Å². The Kier molecular flexibility index (Phi) is 5.69. The monoisotopic (exact) mass is 438 g/mol. The van der Waals surface area contributed by atoms with Gasteiger partial charge in [-0.05, 0) is 63.1 Å². The van der Waals surface area contributed by atoms with E-state index in [0.717, 1.165) is 18.5 Å². The molecule has 0 aliphatic heterocycles. The molecule has 3 aromatic rings. The van der Waals surface area contributed by atoms with Crippen molar-refractivity contribution >= 4 is 29.2 Å². The van der Waals surface area contributed by atoms with Gasteiger partial charge in [0.2, 0.25) is 0 Å². The third-order valence-corrected chi connectivity index (χ3v) is 5.32. The minimum Gasteiger partial charge on any atom is -0.507 e. The molecule has 0 spiro atoms. The Bertz CT molecular complexity index is 1150. The molecule has 0 unspecified atom stereocenters. The maximum absolute atomic E-state index is 12.6. The van der Waals surface area contributed by atoms with Gasteiger partial charge in [-0.3, -0.25) is 4.79 Å². The van der Waals surface area contributed by atoms with Crippen molar-refractivity contribution in [3.63, 3.8) is 0 Å². The highest BCUT2D eigenvalue weighted by Crippen LogP contribution is 2.42. The predicted octanol–water partition coefficient (Wildman–Crippen LogP) is 5.00. The minimum atomic E-state index is -0.359. The second-order valence-electron chi connectivity index (χ2n) is 7.91. The summed E-state index contributed by atoms with van der Waals surface area (Å²) < 4.78 is 1.38. The molecule has 160 valence electrons. The largest absolute Gasteiger partial charge is 0.507 e. The lowest BCUT2D eigenvalue weighted by Gasteiger charge is -2.10. The van der Waals surface area contributed by atoms with E-state index in [4.69, 9.17) is 11.6 Å². The Hall–Kier alpha value is -3.32. The van der Waals surface area contributed by atoms with Gasteiger partial charge in [-0.25, -0.2) is 4.79 Å². The van der Waals surface area contributed by atoms with Crippen LogP contribution in [-0.2, 0) is 0 Å². The maximum atomic E-state index is 12.6. The number of hydrogen-bond donors (Lipinski definition) is 3. The van der Waals surface area contributed by atoms with Crippen molar-refractivity contribution < 1.29 is 14.7 Å². The molecule has 3 N–H and O–H groups in total. The molecule has 1 aromatic heterocycles. The lowest BCUT2D eigenvalue weighted by molar-refractivity contribution is 0.102. The topological polar surface area (TPSA) is 96.3 Å². The zero-order chi connectivity index (χ0) is 22.1. The molecule has 1 heterocycles. The molecule has 1 aliphatic carbocycles. The van der Waals surface area contributed by atoms with Crippen LogP contribution in [0.1, 0.15) is 48.7 Å². The van der Waals surface area contributed by atoms with Crippen LogP contribution in [0.5, 0.6) is 5.75 Å². The number of phenols is 1. The average molecular weight is 439 g/mol. The third kappa shape index (κ3) is 4.56. The van der Waals surface area contributed by atoms with Gasteiger partial charge >= 0.3 is 6.03 Å². The van der Waals surface area contributed by atoms with Crippen LogP contribution < -0.4 is 10.6 Å². The smallest absolute Gasteiger partial charge is 0.342 e. The number of anilines is 1. The molecule has 2 aromatic carbocycles. The second kappa shape index (κ2) is 8.43. The Balaban J connectivity index is 1.65. The number of hydrogen-bond acceptors (Lipinski definition) is 4. The number of nitrogens with zero attached hydrogens (tertiary/aromatic N) is 2. The first-order valence-corrected chi connectivity index (χ1v) is 10.5. The molecule has 0 bridgehead atoms. The summed E-state index contributed by atoms with van der Waals surface area (Å²) in [5.74, 6) is -0.0702. The molecule has 7 nitrogen and oxygen atoms in total. The summed E-state index contributed by atoms with van der Waals surface area (Å²) in [5.41, 5.74) is 2.54. The van der Waals surface area contributed by atoms with Crippen molar-refractivity contribution in [1.82, 2.24) is 15.1 Å². The average Bonchev–Trinajstić information content (AvgIpc) is 3.47. The molecule has 1 fully saturated rings. The van der Waals surface area contributed by atoms with E-state index in [-0.39, 0.29) is 29.6 Å². The molecule has 1 aliphatic rings. The lowest BCUT2D eigenvalue weighted by Crippen LogP contribution is -2.35. The fourth-order valence-corrected chi connectivity index (χ4v) is 3.55. The summed E-state index contributed by atoms with van der Waals surface area (Å²) in [6, 6.07) is 13.0. The van der Waals surface area contributed by atoms with Crippen molar-refractivity contribution in [1.29, 1.82) is 0 Å². The summed E-state index contributed by atoms with van der Waals surface area (Å²) in [7, 11) is 0. The zero-order valence-corrected chi connectivity index (χ0v) is 18.0. The van der Waals surface area contributed by atoms with Gasteiger partial charge in [0.1, 0.15) is 5.75 Å². The van der Waals surface area contributed by atoms with E-state index in [1.165, 1.54) is 10.7 Å². The van der Waals surface area contributed by atoms with Gasteiger partial charge in [-0.15, -0.1) is 0 Å². The van der Waals surface area contributed by atoms with Crippen LogP contribution in [0.25, 0.3) is 11.3 Å². The van der Waals surface area contributed by atoms with Crippen LogP contribution in [0.15, 0.2) is 48.5 Å². The predicted molar refractivity (Wildman–Crippen MR) is 120 cm³/mol. The molecule has 4 rings (SSSR count). The van der Waals surface area contributed by atoms with E-state index in [1.54, 1.807) is 36.4 Å². The van der Waals surface area contributed by atoms with E-state index in [0.29, 0.717) is 27.5 Å². The summed E-state index contributed by atoms with van der Waals surface area (Å²) in [6.07, 6.45) is 2.00. The van der Waals surface area contributed by atoms with Gasteiger partial charge in [-0.2, -0.15) is 9.78 Å². The highest BCUT2D eigenvalue weighted by atomic mass is 35.5. The molecule has 1 saturated carbocycles. The van der Waals surface area contributed by atoms with Gasteiger partial charge < -0.3 is 15.7 Å². The van der Waals surface area contributed by atoms with Gasteiger partial charge in [0.25, 0.3) is 5.91 Å². The van der Waals surface area contributed by atoms with Crippen LogP contribution >= 0.6 is 11.6 Å². The van der Waals surface area contributed by atoms with Crippen LogP contribution in [0.3, 0.4) is 0 Å². The maximum Gasteiger partial charge on any atom is 0.342 e. The first-order chi connectivity index (χ1) is 14.8. The van der Waals surface area contributed by atoms with Crippen molar-refractivity contribution in [2.24, 2.45) is 0 Å². The summed E-state index contributed by atoms with van der Waals surface area (Å²) in [4.78, 5) is 25.2. The van der Waals surface area contributed by atoms with Crippen LogP contribution in [0.4, 0.5) is 10.5 Å². The number of amides is 2. The summed E-state index contributed by atoms with van der Waals surface area (Å²) in [5, 5.41) is 20.9. The minimum absolute atomic E-state index is 0.00649. The zero-order valence-electron chi connectivity index (χ0n) is 17.2. The highest BCUT2D eigenvalue weighted by Gasteiger charge is 2.31. The van der Waals surface area contributed by atoms with E-state index in [2.05, 4.69) is 15.7 Å². The number of aromatic nitrogens is 2. The Morgan fingerprint density at radius 2 is 1.90 bits per heavy atom. The Labute approximate surface area is 185 Å². The van der Waals surface area contributed by atoms with Gasteiger partial charge in [0.15, 0.2) is 0 Å². The molecular weight excluding hydrogens is 416 g/mol. The van der Waals surface area contributed by atoms with Crippen LogP contribution in [-0.4, -0.2) is 32.9 Å². The fraction of sp³-hybridized carbons (Fsp3) is 0.261. The summed E-state index contributed by atoms with van der Waals surface area (Å²) in [6.45, 7) is 3.77. The van der Waals surface area contributed by atoms with Gasteiger partial charge in [0.05, 0.1) is 22.0 Å². The van der Waals surface area contributed by atoms with Crippen molar-refractivity contribution in [3.8, 4) is 17.0 Å². The fourth-order valence-electron chi connectivity index (χ4n) is 3.33. The first kappa shape index (κ1) is 20.9. The van der Waals surface area contributed by atoms with E-state index in [1.807, 2.05) is 19.9 Å². The Morgan fingerprint density at radius 1 is 1.16 bits per heavy atom. The SMILES string of the molecule is CC(C)NC(=O)n1nc(-c2cc(NC(=O)c3ccccc3Cl)ccc2O)cc1C1CC1. The first-order valence-electron chi connectivity index (χ1n) is 10.1. The quantitative estimate of drug-likeness (QED) is 0.488. The number of rotatable bonds is 5. The molecule has 2 amide bonds. The number of carbonyl (C=O) groups is 2. The number of aromatic hydroxyl groups is 1. The van der Waals surface area contributed by atoms with Gasteiger partial charge in [-0.1, -0.05) is 23.7 Å². The number of phenolic OH excluding ortho intramolecular Hbond substituents is 1. The van der Waals surface area contributed by atoms with Crippen molar-refractivity contribution in [2.45, 2.75) is 38.6 Å².